The van der Waals surface area contributed by atoms with Crippen molar-refractivity contribution >= 4 is 29.8 Å². The first-order valence-electron chi connectivity index (χ1n) is 15.8. The molecule has 1 fully saturated rings. The summed E-state index contributed by atoms with van der Waals surface area (Å²) < 4.78 is 16.1. The normalized spacial score (nSPS) is 15.7. The van der Waals surface area contributed by atoms with Gasteiger partial charge in [-0.15, -0.1) is 0 Å². The molecule has 1 heterocycles. The molecular weight excluding hydrogens is 596 g/mol. The highest BCUT2D eigenvalue weighted by molar-refractivity contribution is 5.94. The Labute approximate surface area is 272 Å². The van der Waals surface area contributed by atoms with Crippen molar-refractivity contribution in [3.63, 3.8) is 0 Å². The Hall–Kier alpha value is -3.87. The summed E-state index contributed by atoms with van der Waals surface area (Å²) in [5.74, 6) is -2.01. The Bertz CT molecular complexity index is 1180. The fraction of sp³-hybridized carbons (Fsp3) is 0.667. The maximum absolute atomic E-state index is 13.8. The first-order valence-corrected chi connectivity index (χ1v) is 15.8. The zero-order valence-corrected chi connectivity index (χ0v) is 28.4. The van der Waals surface area contributed by atoms with Crippen molar-refractivity contribution < 1.29 is 43.3 Å². The lowest BCUT2D eigenvalue weighted by atomic mass is 10.00. The topological polar surface area (TPSA) is 173 Å². The van der Waals surface area contributed by atoms with Gasteiger partial charge in [0, 0.05) is 25.9 Å². The molecule has 0 aromatic heterocycles. The zero-order chi connectivity index (χ0) is 34.7. The molecule has 0 bridgehead atoms. The summed E-state index contributed by atoms with van der Waals surface area (Å²) >= 11 is 0. The van der Waals surface area contributed by atoms with Crippen LogP contribution < -0.4 is 16.0 Å². The Morgan fingerprint density at radius 2 is 1.37 bits per heavy atom. The van der Waals surface area contributed by atoms with Crippen molar-refractivity contribution in [2.24, 2.45) is 5.92 Å². The van der Waals surface area contributed by atoms with E-state index < -0.39 is 53.2 Å². The monoisotopic (exact) mass is 648 g/mol. The summed E-state index contributed by atoms with van der Waals surface area (Å²) in [4.78, 5) is 67.8. The number of aromatic hydroxyl groups is 1. The molecule has 4 amide bonds. The molecule has 46 heavy (non-hydrogen) atoms. The zero-order valence-electron chi connectivity index (χ0n) is 28.4. The van der Waals surface area contributed by atoms with Crippen LogP contribution in [0.2, 0.25) is 0 Å². The number of carbonyl (C=O) groups excluding carboxylic acids is 5. The van der Waals surface area contributed by atoms with E-state index in [0.29, 0.717) is 38.3 Å². The highest BCUT2D eigenvalue weighted by atomic mass is 16.6. The van der Waals surface area contributed by atoms with Gasteiger partial charge in [-0.3, -0.25) is 19.2 Å². The maximum Gasteiger partial charge on any atom is 0.408 e. The highest BCUT2D eigenvalue weighted by Gasteiger charge is 2.33. The highest BCUT2D eigenvalue weighted by Crippen LogP contribution is 2.15. The quantitative estimate of drug-likeness (QED) is 0.235. The summed E-state index contributed by atoms with van der Waals surface area (Å²) in [5.41, 5.74) is -0.967. The summed E-state index contributed by atoms with van der Waals surface area (Å²) in [6, 6.07) is 2.89. The molecule has 1 aromatic rings. The van der Waals surface area contributed by atoms with Gasteiger partial charge in [0.2, 0.25) is 17.7 Å². The molecular formula is C33H52N4O9. The first kappa shape index (κ1) is 38.3. The van der Waals surface area contributed by atoms with Gasteiger partial charge >= 0.3 is 12.1 Å². The number of phenols is 1. The van der Waals surface area contributed by atoms with Crippen molar-refractivity contribution in [3.05, 3.63) is 29.8 Å². The van der Waals surface area contributed by atoms with Crippen LogP contribution in [0.3, 0.4) is 0 Å². The molecule has 0 spiro atoms. The number of phenolic OH excluding ortho intramolecular Hbond substituents is 1. The minimum absolute atomic E-state index is 0.0171. The molecule has 1 aliphatic rings. The van der Waals surface area contributed by atoms with Gasteiger partial charge in [-0.1, -0.05) is 26.0 Å². The number of nitrogens with one attached hydrogen (secondary N) is 3. The standard InChI is InChI=1S/C33H52N4O9/c1-21(2)19-26(30(42)37-15-17-44-18-16-37)35-29(41)25(20-22-9-11-23(38)12-10-22)34-28(40)24(36-31(43)46-33(6,7)8)13-14-27(39)45-32(3,4)5/h9-12,21,24-26,38H,13-20H2,1-8H3,(H,34,40)(H,35,41)(H,36,43)/t24-,25-,26-/m0/s1. The molecule has 0 unspecified atom stereocenters. The van der Waals surface area contributed by atoms with E-state index in [9.17, 15) is 29.1 Å². The second kappa shape index (κ2) is 17.2. The smallest absolute Gasteiger partial charge is 0.408 e. The summed E-state index contributed by atoms with van der Waals surface area (Å²) in [7, 11) is 0. The van der Waals surface area contributed by atoms with Crippen molar-refractivity contribution in [2.45, 2.75) is 110 Å². The van der Waals surface area contributed by atoms with Gasteiger partial charge in [0.1, 0.15) is 35.1 Å². The SMILES string of the molecule is CC(C)C[C@H](NC(=O)[C@H](Cc1ccc(O)cc1)NC(=O)[C@H](CCC(=O)OC(C)(C)C)NC(=O)OC(C)(C)C)C(=O)N1CCOCC1. The van der Waals surface area contributed by atoms with E-state index >= 15 is 0 Å². The van der Waals surface area contributed by atoms with Crippen LogP contribution >= 0.6 is 0 Å². The number of ether oxygens (including phenoxy) is 3. The predicted octanol–water partition coefficient (Wildman–Crippen LogP) is 2.82. The fourth-order valence-corrected chi connectivity index (χ4v) is 4.69. The Balaban J connectivity index is 2.33. The third-order valence-electron chi connectivity index (χ3n) is 6.72. The van der Waals surface area contributed by atoms with Gasteiger partial charge < -0.3 is 40.2 Å². The van der Waals surface area contributed by atoms with Crippen LogP contribution in [-0.2, 0) is 39.8 Å². The largest absolute Gasteiger partial charge is 0.508 e. The molecule has 0 aliphatic carbocycles. The summed E-state index contributed by atoms with van der Waals surface area (Å²) in [6.45, 7) is 15.7. The van der Waals surface area contributed by atoms with Gasteiger partial charge in [-0.2, -0.15) is 0 Å². The number of hydrogen-bond donors (Lipinski definition) is 4. The second-order valence-corrected chi connectivity index (χ2v) is 13.9. The molecule has 13 nitrogen and oxygen atoms in total. The molecule has 2 rings (SSSR count). The van der Waals surface area contributed by atoms with Crippen LogP contribution in [-0.4, -0.2) is 95.4 Å². The molecule has 1 saturated heterocycles. The molecule has 4 N–H and O–H groups in total. The third kappa shape index (κ3) is 14.5. The fourth-order valence-electron chi connectivity index (χ4n) is 4.69. The van der Waals surface area contributed by atoms with E-state index in [1.54, 1.807) is 58.6 Å². The number of rotatable bonds is 13. The maximum atomic E-state index is 13.8. The third-order valence-corrected chi connectivity index (χ3v) is 6.72. The lowest BCUT2D eigenvalue weighted by molar-refractivity contribution is -0.155. The van der Waals surface area contributed by atoms with Crippen molar-refractivity contribution in [1.29, 1.82) is 0 Å². The van der Waals surface area contributed by atoms with Crippen LogP contribution in [0.15, 0.2) is 24.3 Å². The molecule has 1 aliphatic heterocycles. The Morgan fingerprint density at radius 1 is 0.826 bits per heavy atom. The van der Waals surface area contributed by atoms with E-state index in [4.69, 9.17) is 14.2 Å². The van der Waals surface area contributed by atoms with E-state index in [2.05, 4.69) is 16.0 Å². The van der Waals surface area contributed by atoms with Gasteiger partial charge in [0.05, 0.1) is 13.2 Å². The molecule has 3 atom stereocenters. The van der Waals surface area contributed by atoms with E-state index in [0.717, 1.165) is 0 Å². The Kier molecular flexibility index (Phi) is 14.3. The predicted molar refractivity (Wildman–Crippen MR) is 171 cm³/mol. The van der Waals surface area contributed by atoms with Gasteiger partial charge in [0.15, 0.2) is 0 Å². The number of nitrogens with zero attached hydrogens (tertiary/aromatic N) is 1. The second-order valence-electron chi connectivity index (χ2n) is 13.9. The van der Waals surface area contributed by atoms with E-state index in [1.165, 1.54) is 12.1 Å². The number of hydrogen-bond acceptors (Lipinski definition) is 9. The minimum atomic E-state index is -1.25. The molecule has 0 saturated carbocycles. The number of amides is 4. The average molecular weight is 649 g/mol. The van der Waals surface area contributed by atoms with Crippen molar-refractivity contribution in [2.75, 3.05) is 26.3 Å². The first-order chi connectivity index (χ1) is 21.3. The van der Waals surface area contributed by atoms with Crippen LogP contribution in [0.5, 0.6) is 5.75 Å². The van der Waals surface area contributed by atoms with Crippen LogP contribution in [0.25, 0.3) is 0 Å². The molecule has 258 valence electrons. The van der Waals surface area contributed by atoms with E-state index in [1.807, 2.05) is 13.8 Å². The number of carbonyl (C=O) groups is 5. The lowest BCUT2D eigenvalue weighted by Gasteiger charge is -2.32. The minimum Gasteiger partial charge on any atom is -0.508 e. The van der Waals surface area contributed by atoms with Crippen molar-refractivity contribution in [1.82, 2.24) is 20.9 Å². The molecule has 13 heteroatoms. The van der Waals surface area contributed by atoms with Crippen LogP contribution in [0.1, 0.15) is 80.2 Å². The van der Waals surface area contributed by atoms with Crippen LogP contribution in [0, 0.1) is 5.92 Å². The van der Waals surface area contributed by atoms with Crippen LogP contribution in [0.4, 0.5) is 4.79 Å². The number of benzene rings is 1. The molecule has 1 aromatic carbocycles. The number of morpholine rings is 1. The van der Waals surface area contributed by atoms with Gasteiger partial charge in [-0.05, 0) is 78.0 Å². The average Bonchev–Trinajstić information content (AvgIpc) is 2.93. The molecule has 0 radical (unpaired) electrons. The van der Waals surface area contributed by atoms with Crippen molar-refractivity contribution in [3.8, 4) is 5.75 Å². The van der Waals surface area contributed by atoms with Gasteiger partial charge in [-0.25, -0.2) is 4.79 Å². The number of esters is 1. The Morgan fingerprint density at radius 3 is 1.91 bits per heavy atom. The van der Waals surface area contributed by atoms with Gasteiger partial charge in [0.25, 0.3) is 0 Å². The van der Waals surface area contributed by atoms with E-state index in [-0.39, 0.29) is 36.8 Å². The summed E-state index contributed by atoms with van der Waals surface area (Å²) in [5, 5.41) is 17.8. The lowest BCUT2D eigenvalue weighted by Crippen LogP contribution is -2.58. The summed E-state index contributed by atoms with van der Waals surface area (Å²) in [6.07, 6.45) is -0.794. The number of alkyl carbamates (subject to hydrolysis) is 1.